The lowest BCUT2D eigenvalue weighted by atomic mass is 9.96. The van der Waals surface area contributed by atoms with Gasteiger partial charge in [-0.3, -0.25) is 0 Å². The van der Waals surface area contributed by atoms with Crippen molar-refractivity contribution in [3.8, 4) is 0 Å². The molecule has 0 saturated carbocycles. The molecule has 0 saturated heterocycles. The van der Waals surface area contributed by atoms with Crippen molar-refractivity contribution < 1.29 is 18.3 Å². The van der Waals surface area contributed by atoms with Gasteiger partial charge >= 0.3 is 5.97 Å². The van der Waals surface area contributed by atoms with Gasteiger partial charge in [0.15, 0.2) is 5.54 Å². The number of hydrogen-bond donors (Lipinski definition) is 1. The SMILES string of the molecule is CCCC(N)(C(=O)OC)C(F)F. The molecule has 0 rings (SSSR count). The van der Waals surface area contributed by atoms with E-state index in [1.54, 1.807) is 6.92 Å². The maximum Gasteiger partial charge on any atom is 0.331 e. The second kappa shape index (κ2) is 4.35. The van der Waals surface area contributed by atoms with E-state index in [-0.39, 0.29) is 6.42 Å². The lowest BCUT2D eigenvalue weighted by Gasteiger charge is -2.24. The number of hydrogen-bond acceptors (Lipinski definition) is 3. The predicted octanol–water partition coefficient (Wildman–Crippen LogP) is 0.922. The van der Waals surface area contributed by atoms with E-state index in [2.05, 4.69) is 4.74 Å². The molecule has 12 heavy (non-hydrogen) atoms. The molecule has 0 radical (unpaired) electrons. The minimum absolute atomic E-state index is 0.0721. The third-order valence-electron chi connectivity index (χ3n) is 1.62. The highest BCUT2D eigenvalue weighted by Crippen LogP contribution is 2.20. The van der Waals surface area contributed by atoms with Crippen LogP contribution in [0.5, 0.6) is 0 Å². The van der Waals surface area contributed by atoms with Crippen LogP contribution >= 0.6 is 0 Å². The summed E-state index contributed by atoms with van der Waals surface area (Å²) >= 11 is 0. The molecule has 0 aromatic rings. The number of methoxy groups -OCH3 is 1. The number of esters is 1. The Kier molecular flexibility index (Phi) is 4.09. The average Bonchev–Trinajstić information content (AvgIpc) is 2.03. The van der Waals surface area contributed by atoms with Crippen molar-refractivity contribution in [1.82, 2.24) is 0 Å². The molecule has 0 heterocycles. The summed E-state index contributed by atoms with van der Waals surface area (Å²) in [5.41, 5.74) is 3.05. The first-order valence-electron chi connectivity index (χ1n) is 3.64. The van der Waals surface area contributed by atoms with Crippen LogP contribution in [0.15, 0.2) is 0 Å². The molecule has 3 nitrogen and oxygen atoms in total. The van der Waals surface area contributed by atoms with Gasteiger partial charge in [0.25, 0.3) is 6.43 Å². The number of nitrogens with two attached hydrogens (primary N) is 1. The molecule has 0 aliphatic heterocycles. The molecule has 0 amide bonds. The summed E-state index contributed by atoms with van der Waals surface area (Å²) in [6, 6.07) is 0. The van der Waals surface area contributed by atoms with Gasteiger partial charge in [0, 0.05) is 0 Å². The molecule has 0 aliphatic carbocycles. The average molecular weight is 181 g/mol. The minimum atomic E-state index is -2.88. The van der Waals surface area contributed by atoms with Crippen LogP contribution in [-0.4, -0.2) is 25.0 Å². The number of alkyl halides is 2. The lowest BCUT2D eigenvalue weighted by Crippen LogP contribution is -2.54. The van der Waals surface area contributed by atoms with Gasteiger partial charge < -0.3 is 10.5 Å². The normalized spacial score (nSPS) is 15.8. The molecule has 0 aromatic carbocycles. The van der Waals surface area contributed by atoms with Crippen LogP contribution in [-0.2, 0) is 9.53 Å². The highest BCUT2D eigenvalue weighted by Gasteiger charge is 2.43. The summed E-state index contributed by atoms with van der Waals surface area (Å²) in [5, 5.41) is 0. The third-order valence-corrected chi connectivity index (χ3v) is 1.62. The summed E-state index contributed by atoms with van der Waals surface area (Å²) < 4.78 is 28.7. The van der Waals surface area contributed by atoms with Crippen LogP contribution < -0.4 is 5.73 Å². The molecule has 5 heteroatoms. The van der Waals surface area contributed by atoms with E-state index in [1.165, 1.54) is 0 Å². The molecule has 0 aromatic heterocycles. The third kappa shape index (κ3) is 2.14. The van der Waals surface area contributed by atoms with Crippen LogP contribution in [0.4, 0.5) is 8.78 Å². The van der Waals surface area contributed by atoms with Crippen LogP contribution in [0.25, 0.3) is 0 Å². The Bertz CT molecular complexity index is 163. The van der Waals surface area contributed by atoms with Gasteiger partial charge in [0.2, 0.25) is 0 Å². The Morgan fingerprint density at radius 2 is 2.17 bits per heavy atom. The molecule has 0 spiro atoms. The Labute approximate surface area is 69.9 Å². The highest BCUT2D eigenvalue weighted by atomic mass is 19.3. The largest absolute Gasteiger partial charge is 0.467 e. The van der Waals surface area contributed by atoms with Crippen molar-refractivity contribution in [2.75, 3.05) is 7.11 Å². The molecule has 1 atom stereocenters. The van der Waals surface area contributed by atoms with Gasteiger partial charge in [-0.1, -0.05) is 13.3 Å². The fourth-order valence-electron chi connectivity index (χ4n) is 0.904. The molecule has 72 valence electrons. The molecule has 0 bridgehead atoms. The molecular weight excluding hydrogens is 168 g/mol. The summed E-state index contributed by atoms with van der Waals surface area (Å²) in [5.74, 6) is -1.06. The van der Waals surface area contributed by atoms with E-state index in [0.29, 0.717) is 6.42 Å². The van der Waals surface area contributed by atoms with E-state index < -0.39 is 17.9 Å². The van der Waals surface area contributed by atoms with Crippen molar-refractivity contribution in [2.24, 2.45) is 5.73 Å². The minimum Gasteiger partial charge on any atom is -0.467 e. The first kappa shape index (κ1) is 11.3. The van der Waals surface area contributed by atoms with E-state index in [0.717, 1.165) is 7.11 Å². The fraction of sp³-hybridized carbons (Fsp3) is 0.857. The zero-order valence-corrected chi connectivity index (χ0v) is 7.14. The maximum absolute atomic E-state index is 12.3. The number of halogens is 2. The Hall–Kier alpha value is -0.710. The van der Waals surface area contributed by atoms with E-state index in [4.69, 9.17) is 5.73 Å². The van der Waals surface area contributed by atoms with Crippen molar-refractivity contribution in [3.63, 3.8) is 0 Å². The second-order valence-corrected chi connectivity index (χ2v) is 2.58. The first-order valence-corrected chi connectivity index (χ1v) is 3.64. The van der Waals surface area contributed by atoms with Gasteiger partial charge in [-0.05, 0) is 6.42 Å². The fourth-order valence-corrected chi connectivity index (χ4v) is 0.904. The molecule has 0 fully saturated rings. The smallest absolute Gasteiger partial charge is 0.331 e. The van der Waals surface area contributed by atoms with Crippen LogP contribution in [0.1, 0.15) is 19.8 Å². The molecule has 2 N–H and O–H groups in total. The van der Waals surface area contributed by atoms with E-state index in [9.17, 15) is 13.6 Å². The topological polar surface area (TPSA) is 52.3 Å². The van der Waals surface area contributed by atoms with Gasteiger partial charge in [0.05, 0.1) is 7.11 Å². The molecular formula is C7H13F2NO2. The zero-order valence-electron chi connectivity index (χ0n) is 7.14. The van der Waals surface area contributed by atoms with Crippen LogP contribution in [0, 0.1) is 0 Å². The van der Waals surface area contributed by atoms with Gasteiger partial charge in [-0.15, -0.1) is 0 Å². The number of carbonyl (C=O) groups is 1. The highest BCUT2D eigenvalue weighted by molar-refractivity contribution is 5.81. The van der Waals surface area contributed by atoms with Crippen molar-refractivity contribution >= 4 is 5.97 Å². The van der Waals surface area contributed by atoms with Crippen molar-refractivity contribution in [3.05, 3.63) is 0 Å². The van der Waals surface area contributed by atoms with Gasteiger partial charge in [-0.2, -0.15) is 0 Å². The van der Waals surface area contributed by atoms with Crippen LogP contribution in [0.3, 0.4) is 0 Å². The molecule has 1 unspecified atom stereocenters. The summed E-state index contributed by atoms with van der Waals surface area (Å²) in [6.07, 6.45) is -2.54. The van der Waals surface area contributed by atoms with E-state index in [1.807, 2.05) is 0 Å². The zero-order chi connectivity index (χ0) is 9.78. The quantitative estimate of drug-likeness (QED) is 0.656. The van der Waals surface area contributed by atoms with Gasteiger partial charge in [0.1, 0.15) is 0 Å². The van der Waals surface area contributed by atoms with Crippen molar-refractivity contribution in [1.29, 1.82) is 0 Å². The molecule has 0 aliphatic rings. The maximum atomic E-state index is 12.3. The first-order chi connectivity index (χ1) is 5.49. The Morgan fingerprint density at radius 1 is 1.67 bits per heavy atom. The van der Waals surface area contributed by atoms with Gasteiger partial charge in [-0.25, -0.2) is 13.6 Å². The predicted molar refractivity (Wildman–Crippen MR) is 39.8 cm³/mol. The number of carbonyl (C=O) groups excluding carboxylic acids is 1. The van der Waals surface area contributed by atoms with Crippen LogP contribution in [0.2, 0.25) is 0 Å². The Balaban J connectivity index is 4.49. The summed E-state index contributed by atoms with van der Waals surface area (Å²) in [6.45, 7) is 1.67. The summed E-state index contributed by atoms with van der Waals surface area (Å²) in [4.78, 5) is 10.8. The standard InChI is InChI=1S/C7H13F2NO2/c1-3-4-7(10,5(8)9)6(11)12-2/h5H,3-4,10H2,1-2H3. The second-order valence-electron chi connectivity index (χ2n) is 2.58. The summed E-state index contributed by atoms with van der Waals surface area (Å²) in [7, 11) is 1.04. The van der Waals surface area contributed by atoms with E-state index >= 15 is 0 Å². The number of ether oxygens (including phenoxy) is 1. The number of rotatable bonds is 4. The Morgan fingerprint density at radius 3 is 2.42 bits per heavy atom. The lowest BCUT2D eigenvalue weighted by molar-refractivity contribution is -0.153. The monoisotopic (exact) mass is 181 g/mol. The van der Waals surface area contributed by atoms with Crippen molar-refractivity contribution in [2.45, 2.75) is 31.7 Å².